The molecule has 1 aromatic rings. The molecule has 1 atom stereocenters. The number of allylic oxidation sites excluding steroid dienone is 3. The maximum Gasteiger partial charge on any atom is 0.0742 e. The minimum Gasteiger partial charge on any atom is -0.199 e. The Morgan fingerprint density at radius 3 is 2.79 bits per heavy atom. The van der Waals surface area contributed by atoms with Gasteiger partial charge in [-0.3, -0.25) is 0 Å². The molecule has 1 unspecified atom stereocenters. The second-order valence-corrected chi connectivity index (χ2v) is 5.58. The van der Waals surface area contributed by atoms with Crippen LogP contribution in [0.4, 0.5) is 0 Å². The van der Waals surface area contributed by atoms with Crippen molar-refractivity contribution in [3.8, 4) is 0 Å². The average Bonchev–Trinajstić information content (AvgIpc) is 2.93. The Balaban J connectivity index is 2.02. The van der Waals surface area contributed by atoms with E-state index in [1.807, 2.05) is 22.6 Å². The average molecular weight is 274 g/mol. The van der Waals surface area contributed by atoms with Gasteiger partial charge in [0.1, 0.15) is 0 Å². The molecule has 0 spiro atoms. The number of hydrogen-bond acceptors (Lipinski definition) is 4. The second kappa shape index (κ2) is 6.99. The van der Waals surface area contributed by atoms with E-state index in [1.54, 1.807) is 0 Å². The summed E-state index contributed by atoms with van der Waals surface area (Å²) in [4.78, 5) is 1.14. The predicted molar refractivity (Wildman–Crippen MR) is 79.3 cm³/mol. The molecule has 0 aromatic heterocycles. The van der Waals surface area contributed by atoms with E-state index in [0.717, 1.165) is 17.9 Å². The zero-order valence-corrected chi connectivity index (χ0v) is 12.0. The van der Waals surface area contributed by atoms with Gasteiger partial charge in [-0.1, -0.05) is 53.4 Å². The normalized spacial score (nSPS) is 19.2. The van der Waals surface area contributed by atoms with Gasteiger partial charge >= 0.3 is 0 Å². The molecule has 19 heavy (non-hydrogen) atoms. The van der Waals surface area contributed by atoms with Crippen molar-refractivity contribution in [1.29, 1.82) is 0 Å². The van der Waals surface area contributed by atoms with Crippen LogP contribution in [0.1, 0.15) is 20.3 Å². The lowest BCUT2D eigenvalue weighted by Gasteiger charge is -2.13. The standard InChI is InChI=1S/C14H18N4S/c1-3-13(4-2)9-8-12-18-16-15-17-19(18)14-10-6-5-7-11-14/h3,5-11H,4,12H2,1-2H3. The molecule has 0 radical (unpaired) electrons. The molecule has 1 heterocycles. The molecule has 0 saturated heterocycles. The first kappa shape index (κ1) is 13.7. The van der Waals surface area contributed by atoms with Crippen LogP contribution in [0.3, 0.4) is 0 Å². The van der Waals surface area contributed by atoms with Gasteiger partial charge in [0, 0.05) is 4.90 Å². The fraction of sp³-hybridized carbons (Fsp3) is 0.286. The van der Waals surface area contributed by atoms with Crippen LogP contribution in [0.2, 0.25) is 0 Å². The van der Waals surface area contributed by atoms with Crippen LogP contribution in [-0.2, 0) is 10.9 Å². The van der Waals surface area contributed by atoms with E-state index >= 15 is 0 Å². The maximum atomic E-state index is 4.19. The van der Waals surface area contributed by atoms with E-state index in [-0.39, 0.29) is 0 Å². The van der Waals surface area contributed by atoms with Crippen molar-refractivity contribution < 1.29 is 0 Å². The van der Waals surface area contributed by atoms with E-state index < -0.39 is 10.9 Å². The maximum absolute atomic E-state index is 4.19. The molecule has 0 aliphatic carbocycles. The lowest BCUT2D eigenvalue weighted by atomic mass is 10.2. The second-order valence-electron chi connectivity index (χ2n) is 3.99. The highest BCUT2D eigenvalue weighted by molar-refractivity contribution is 7.85. The van der Waals surface area contributed by atoms with E-state index in [4.69, 9.17) is 0 Å². The molecule has 1 aliphatic rings. The summed E-state index contributed by atoms with van der Waals surface area (Å²) >= 11 is 0. The monoisotopic (exact) mass is 274 g/mol. The van der Waals surface area contributed by atoms with Crippen molar-refractivity contribution in [3.05, 3.63) is 54.1 Å². The van der Waals surface area contributed by atoms with Crippen molar-refractivity contribution >= 4 is 10.9 Å². The van der Waals surface area contributed by atoms with Gasteiger partial charge in [-0.2, -0.15) is 4.41 Å². The number of nitrogens with zero attached hydrogens (tertiary/aromatic N) is 4. The zero-order valence-electron chi connectivity index (χ0n) is 11.2. The summed E-state index contributed by atoms with van der Waals surface area (Å²) < 4.78 is 6.10. The van der Waals surface area contributed by atoms with Gasteiger partial charge in [0.05, 0.1) is 17.4 Å². The Bertz CT molecular complexity index is 532. The fourth-order valence-corrected chi connectivity index (χ4v) is 2.96. The summed E-state index contributed by atoms with van der Waals surface area (Å²) in [5.41, 5.74) is 1.33. The molecule has 1 aromatic carbocycles. The summed E-state index contributed by atoms with van der Waals surface area (Å²) in [5, 5.41) is 7.88. The Morgan fingerprint density at radius 1 is 1.32 bits per heavy atom. The smallest absolute Gasteiger partial charge is 0.0742 e. The van der Waals surface area contributed by atoms with Crippen LogP contribution in [-0.4, -0.2) is 11.0 Å². The third-order valence-corrected chi connectivity index (χ3v) is 4.32. The Labute approximate surface area is 116 Å². The van der Waals surface area contributed by atoms with Crippen molar-refractivity contribution in [3.63, 3.8) is 0 Å². The van der Waals surface area contributed by atoms with Gasteiger partial charge in [-0.15, -0.1) is 0 Å². The van der Waals surface area contributed by atoms with Crippen molar-refractivity contribution in [2.75, 3.05) is 6.54 Å². The van der Waals surface area contributed by atoms with Crippen molar-refractivity contribution in [2.24, 2.45) is 14.9 Å². The van der Waals surface area contributed by atoms with E-state index in [2.05, 4.69) is 59.1 Å². The molecule has 0 saturated carbocycles. The van der Waals surface area contributed by atoms with E-state index in [9.17, 15) is 0 Å². The summed E-state index contributed by atoms with van der Waals surface area (Å²) in [7, 11) is -0.393. The predicted octanol–water partition coefficient (Wildman–Crippen LogP) is 4.27. The number of hydrogen-bond donors (Lipinski definition) is 0. The van der Waals surface area contributed by atoms with Crippen molar-refractivity contribution in [1.82, 2.24) is 4.41 Å². The van der Waals surface area contributed by atoms with Crippen molar-refractivity contribution in [2.45, 2.75) is 25.2 Å². The highest BCUT2D eigenvalue weighted by Crippen LogP contribution is 2.18. The Kier molecular flexibility index (Phi) is 5.03. The molecular weight excluding hydrogens is 256 g/mol. The van der Waals surface area contributed by atoms with Gasteiger partial charge in [0.2, 0.25) is 0 Å². The molecule has 4 nitrogen and oxygen atoms in total. The quantitative estimate of drug-likeness (QED) is 0.739. The molecule has 0 bridgehead atoms. The molecule has 0 N–H and O–H groups in total. The topological polar surface area (TPSA) is 40.3 Å². The highest BCUT2D eigenvalue weighted by atomic mass is 32.2. The lowest BCUT2D eigenvalue weighted by molar-refractivity contribution is 0.525. The molecule has 2 rings (SSSR count). The van der Waals surface area contributed by atoms with Crippen LogP contribution in [0, 0.1) is 0 Å². The van der Waals surface area contributed by atoms with Crippen LogP contribution < -0.4 is 0 Å². The van der Waals surface area contributed by atoms with Crippen LogP contribution in [0.15, 0.2) is 73.9 Å². The Morgan fingerprint density at radius 2 is 2.11 bits per heavy atom. The largest absolute Gasteiger partial charge is 0.199 e. The summed E-state index contributed by atoms with van der Waals surface area (Å²) in [6, 6.07) is 10.1. The molecule has 0 amide bonds. The van der Waals surface area contributed by atoms with Crippen LogP contribution in [0.5, 0.6) is 0 Å². The zero-order chi connectivity index (χ0) is 13.5. The van der Waals surface area contributed by atoms with Gasteiger partial charge in [0.25, 0.3) is 0 Å². The minimum atomic E-state index is -0.393. The van der Waals surface area contributed by atoms with E-state index in [0.29, 0.717) is 0 Å². The summed E-state index contributed by atoms with van der Waals surface area (Å²) in [6.45, 7) is 4.93. The molecule has 5 heteroatoms. The first-order valence-corrected chi connectivity index (χ1v) is 7.49. The SMILES string of the molecule is CC=C(C=CCN1N=NN=S1c1ccccc1)CC. The first-order valence-electron chi connectivity index (χ1n) is 6.35. The molecule has 0 fully saturated rings. The molecular formula is C14H18N4S. The van der Waals surface area contributed by atoms with Gasteiger partial charge in [0.15, 0.2) is 0 Å². The fourth-order valence-electron chi connectivity index (χ4n) is 1.70. The molecule has 100 valence electrons. The highest BCUT2D eigenvalue weighted by Gasteiger charge is 2.14. The number of benzene rings is 1. The summed E-state index contributed by atoms with van der Waals surface area (Å²) in [6.07, 6.45) is 7.43. The first-order chi connectivity index (χ1) is 9.35. The minimum absolute atomic E-state index is 0.393. The summed E-state index contributed by atoms with van der Waals surface area (Å²) in [5.74, 6) is 0. The van der Waals surface area contributed by atoms with Crippen LogP contribution >= 0.6 is 0 Å². The van der Waals surface area contributed by atoms with Gasteiger partial charge in [-0.05, 0) is 35.9 Å². The number of rotatable bonds is 5. The third-order valence-electron chi connectivity index (χ3n) is 2.78. The Hall–Kier alpha value is -1.75. The lowest BCUT2D eigenvalue weighted by Crippen LogP contribution is -2.17. The molecule has 1 aliphatic heterocycles. The van der Waals surface area contributed by atoms with E-state index in [1.165, 1.54) is 5.57 Å². The van der Waals surface area contributed by atoms with Gasteiger partial charge < -0.3 is 0 Å². The third kappa shape index (κ3) is 3.61. The van der Waals surface area contributed by atoms with Crippen LogP contribution in [0.25, 0.3) is 0 Å². The van der Waals surface area contributed by atoms with Gasteiger partial charge in [-0.25, -0.2) is 0 Å².